The number of methoxy groups -OCH3 is 2. The molecule has 0 unspecified atom stereocenters. The minimum atomic E-state index is -0.627. The Morgan fingerprint density at radius 1 is 1.26 bits per heavy atom. The number of ether oxygens (including phenoxy) is 2. The van der Waals surface area contributed by atoms with Crippen LogP contribution in [0.2, 0.25) is 0 Å². The summed E-state index contributed by atoms with van der Waals surface area (Å²) in [5.41, 5.74) is -0.445. The fourth-order valence-corrected chi connectivity index (χ4v) is 2.18. The van der Waals surface area contributed by atoms with E-state index in [2.05, 4.69) is 10.2 Å². The maximum absolute atomic E-state index is 12.3. The monoisotopic (exact) mass is 325 g/mol. The van der Waals surface area contributed by atoms with E-state index in [4.69, 9.17) is 9.47 Å². The first kappa shape index (κ1) is 18.7. The van der Waals surface area contributed by atoms with E-state index in [-0.39, 0.29) is 17.0 Å². The van der Waals surface area contributed by atoms with Crippen molar-refractivity contribution in [3.05, 3.63) is 27.8 Å². The van der Waals surface area contributed by atoms with Crippen molar-refractivity contribution >= 4 is 11.6 Å². The van der Waals surface area contributed by atoms with E-state index < -0.39 is 10.8 Å². The number of carbonyl (C=O) groups excluding carboxylic acids is 1. The van der Waals surface area contributed by atoms with Gasteiger partial charge in [-0.2, -0.15) is 0 Å². The Balaban J connectivity index is 3.00. The van der Waals surface area contributed by atoms with E-state index in [1.807, 2.05) is 13.8 Å². The Kier molecular flexibility index (Phi) is 7.27. The van der Waals surface area contributed by atoms with Crippen LogP contribution < -0.4 is 14.8 Å². The molecule has 8 heteroatoms. The van der Waals surface area contributed by atoms with E-state index in [0.29, 0.717) is 18.8 Å². The van der Waals surface area contributed by atoms with Gasteiger partial charge in [-0.25, -0.2) is 0 Å². The second-order valence-corrected chi connectivity index (χ2v) is 4.77. The maximum Gasteiger partial charge on any atom is 0.323 e. The summed E-state index contributed by atoms with van der Waals surface area (Å²) in [5.74, 6) is -0.217. The molecule has 8 nitrogen and oxygen atoms in total. The van der Waals surface area contributed by atoms with Crippen molar-refractivity contribution in [3.63, 3.8) is 0 Å². The Morgan fingerprint density at radius 2 is 1.91 bits per heavy atom. The fourth-order valence-electron chi connectivity index (χ4n) is 2.18. The van der Waals surface area contributed by atoms with E-state index in [0.717, 1.165) is 13.1 Å². The minimum Gasteiger partial charge on any atom is -0.497 e. The van der Waals surface area contributed by atoms with Gasteiger partial charge in [0.25, 0.3) is 5.91 Å². The average molecular weight is 325 g/mol. The number of nitro benzene ring substituents is 1. The van der Waals surface area contributed by atoms with Crippen molar-refractivity contribution in [2.75, 3.05) is 40.4 Å². The van der Waals surface area contributed by atoms with Gasteiger partial charge in [0.1, 0.15) is 11.3 Å². The third-order valence-electron chi connectivity index (χ3n) is 3.54. The smallest absolute Gasteiger partial charge is 0.323 e. The van der Waals surface area contributed by atoms with Crippen molar-refractivity contribution in [1.29, 1.82) is 0 Å². The lowest BCUT2D eigenvalue weighted by atomic mass is 10.1. The van der Waals surface area contributed by atoms with Crippen LogP contribution in [-0.2, 0) is 0 Å². The predicted octanol–water partition coefficient (Wildman–Crippen LogP) is 1.68. The molecule has 0 aliphatic heterocycles. The highest BCUT2D eigenvalue weighted by atomic mass is 16.6. The first-order valence-electron chi connectivity index (χ1n) is 7.39. The Hall–Kier alpha value is -2.35. The van der Waals surface area contributed by atoms with E-state index in [1.54, 1.807) is 0 Å². The lowest BCUT2D eigenvalue weighted by molar-refractivity contribution is -0.386. The highest BCUT2D eigenvalue weighted by Gasteiger charge is 2.27. The van der Waals surface area contributed by atoms with Gasteiger partial charge in [-0.3, -0.25) is 14.9 Å². The molecule has 0 bridgehead atoms. The molecule has 0 fully saturated rings. The van der Waals surface area contributed by atoms with Crippen LogP contribution in [0.4, 0.5) is 5.69 Å². The summed E-state index contributed by atoms with van der Waals surface area (Å²) in [6.07, 6.45) is 0. The van der Waals surface area contributed by atoms with E-state index in [9.17, 15) is 14.9 Å². The number of nitrogens with zero attached hydrogens (tertiary/aromatic N) is 2. The van der Waals surface area contributed by atoms with Gasteiger partial charge in [0.2, 0.25) is 5.75 Å². The Morgan fingerprint density at radius 3 is 2.39 bits per heavy atom. The average Bonchev–Trinajstić information content (AvgIpc) is 2.56. The molecule has 0 spiro atoms. The molecule has 0 aromatic heterocycles. The molecule has 1 N–H and O–H groups in total. The lowest BCUT2D eigenvalue weighted by Gasteiger charge is -2.18. The number of nitro groups is 1. The summed E-state index contributed by atoms with van der Waals surface area (Å²) >= 11 is 0. The van der Waals surface area contributed by atoms with Crippen LogP contribution in [0.25, 0.3) is 0 Å². The molecule has 0 aliphatic carbocycles. The number of hydrogen-bond donors (Lipinski definition) is 1. The molecule has 0 atom stereocenters. The number of amides is 1. The van der Waals surface area contributed by atoms with Crippen molar-refractivity contribution in [1.82, 2.24) is 10.2 Å². The zero-order valence-corrected chi connectivity index (χ0v) is 13.9. The first-order valence-corrected chi connectivity index (χ1v) is 7.39. The Labute approximate surface area is 135 Å². The number of hydrogen-bond acceptors (Lipinski definition) is 6. The molecule has 0 aliphatic rings. The predicted molar refractivity (Wildman–Crippen MR) is 86.3 cm³/mol. The second-order valence-electron chi connectivity index (χ2n) is 4.77. The van der Waals surface area contributed by atoms with Gasteiger partial charge in [0.15, 0.2) is 0 Å². The molecule has 128 valence electrons. The van der Waals surface area contributed by atoms with Crippen LogP contribution in [-0.4, -0.2) is 56.1 Å². The maximum atomic E-state index is 12.3. The lowest BCUT2D eigenvalue weighted by Crippen LogP contribution is -2.35. The van der Waals surface area contributed by atoms with Gasteiger partial charge in [-0.15, -0.1) is 0 Å². The molecule has 1 amide bonds. The Bertz CT molecular complexity index is 558. The van der Waals surface area contributed by atoms with E-state index in [1.165, 1.54) is 26.4 Å². The highest BCUT2D eigenvalue weighted by molar-refractivity contribution is 5.99. The van der Waals surface area contributed by atoms with Crippen molar-refractivity contribution in [3.8, 4) is 11.5 Å². The first-order chi connectivity index (χ1) is 11.0. The molecule has 0 radical (unpaired) electrons. The molecule has 0 heterocycles. The van der Waals surface area contributed by atoms with Gasteiger partial charge >= 0.3 is 5.69 Å². The normalized spacial score (nSPS) is 10.5. The standard InChI is InChI=1S/C15H23N3O5/c1-5-17(6-2)8-7-16-15(19)12-9-11(22-3)10-13(23-4)14(12)18(20)21/h9-10H,5-8H2,1-4H3,(H,16,19). The third-order valence-corrected chi connectivity index (χ3v) is 3.54. The number of carbonyl (C=O) groups is 1. The number of rotatable bonds is 9. The molecular formula is C15H23N3O5. The highest BCUT2D eigenvalue weighted by Crippen LogP contribution is 2.35. The van der Waals surface area contributed by atoms with Crippen molar-refractivity contribution in [2.24, 2.45) is 0 Å². The fraction of sp³-hybridized carbons (Fsp3) is 0.533. The van der Waals surface area contributed by atoms with Gasteiger partial charge in [-0.05, 0) is 13.1 Å². The molecule has 1 rings (SSSR count). The van der Waals surface area contributed by atoms with Crippen LogP contribution in [0.1, 0.15) is 24.2 Å². The molecule has 23 heavy (non-hydrogen) atoms. The largest absolute Gasteiger partial charge is 0.497 e. The minimum absolute atomic E-state index is 0.0109. The van der Waals surface area contributed by atoms with E-state index >= 15 is 0 Å². The third kappa shape index (κ3) is 4.82. The number of likely N-dealkylation sites (N-methyl/N-ethyl adjacent to an activating group) is 1. The van der Waals surface area contributed by atoms with Crippen molar-refractivity contribution in [2.45, 2.75) is 13.8 Å². The van der Waals surface area contributed by atoms with Gasteiger partial charge in [0, 0.05) is 25.2 Å². The molecule has 0 saturated heterocycles. The molecule has 0 saturated carbocycles. The molecular weight excluding hydrogens is 302 g/mol. The van der Waals surface area contributed by atoms with Crippen LogP contribution in [0.5, 0.6) is 11.5 Å². The molecule has 1 aromatic carbocycles. The summed E-state index contributed by atoms with van der Waals surface area (Å²) in [6.45, 7) is 6.88. The number of benzene rings is 1. The summed E-state index contributed by atoms with van der Waals surface area (Å²) in [5, 5.41) is 14.0. The van der Waals surface area contributed by atoms with Crippen LogP contribution in [0.3, 0.4) is 0 Å². The second kappa shape index (κ2) is 8.94. The van der Waals surface area contributed by atoms with Crippen molar-refractivity contribution < 1.29 is 19.2 Å². The zero-order chi connectivity index (χ0) is 17.4. The summed E-state index contributed by atoms with van der Waals surface area (Å²) < 4.78 is 10.1. The SMILES string of the molecule is CCN(CC)CCNC(=O)c1cc(OC)cc(OC)c1[N+](=O)[O-]. The van der Waals surface area contributed by atoms with Crippen LogP contribution in [0, 0.1) is 10.1 Å². The quantitative estimate of drug-likeness (QED) is 0.548. The topological polar surface area (TPSA) is 93.9 Å². The van der Waals surface area contributed by atoms with Gasteiger partial charge in [-0.1, -0.05) is 13.8 Å². The van der Waals surface area contributed by atoms with Crippen LogP contribution in [0.15, 0.2) is 12.1 Å². The van der Waals surface area contributed by atoms with Gasteiger partial charge < -0.3 is 19.7 Å². The van der Waals surface area contributed by atoms with Gasteiger partial charge in [0.05, 0.1) is 19.1 Å². The summed E-state index contributed by atoms with van der Waals surface area (Å²) in [7, 11) is 2.73. The number of nitrogens with one attached hydrogen (secondary N) is 1. The summed E-state index contributed by atoms with van der Waals surface area (Å²) in [4.78, 5) is 25.1. The zero-order valence-electron chi connectivity index (χ0n) is 13.9. The molecule has 1 aromatic rings. The summed E-state index contributed by atoms with van der Waals surface area (Å²) in [6, 6.07) is 2.72. The van der Waals surface area contributed by atoms with Crippen LogP contribution >= 0.6 is 0 Å².